The summed E-state index contributed by atoms with van der Waals surface area (Å²) in [5.41, 5.74) is 0.791. The molecule has 25 heavy (non-hydrogen) atoms. The topological polar surface area (TPSA) is 46.9 Å². The fourth-order valence-electron chi connectivity index (χ4n) is 4.34. The summed E-state index contributed by atoms with van der Waals surface area (Å²) in [5, 5.41) is 3.41. The number of imidazole rings is 1. The van der Waals surface area contributed by atoms with Crippen molar-refractivity contribution in [2.24, 2.45) is 13.0 Å². The number of carbonyl (C=O) groups is 1. The maximum absolute atomic E-state index is 13.5. The van der Waals surface area contributed by atoms with Crippen molar-refractivity contribution in [3.8, 4) is 0 Å². The molecule has 2 aliphatic rings. The molecule has 1 heterocycles. The molecule has 2 aliphatic carbocycles. The molecule has 1 aromatic heterocycles. The van der Waals surface area contributed by atoms with Crippen LogP contribution in [0.25, 0.3) is 0 Å². The molecule has 0 unspecified atom stereocenters. The highest BCUT2D eigenvalue weighted by molar-refractivity contribution is 5.88. The molecule has 0 saturated heterocycles. The Bertz CT molecular complexity index is 727. The van der Waals surface area contributed by atoms with Gasteiger partial charge in [0, 0.05) is 19.4 Å². The minimum Gasteiger partial charge on any atom is -0.345 e. The standard InChI is InChI=1S/C21H27N3O/c1-24-15-14-22-19(24)18(16-10-11-16)23-20(25)21(12-6-3-7-13-21)17-8-4-2-5-9-17/h2,4-5,8-9,14-16,18H,3,6-7,10-13H2,1H3,(H,23,25)/t18-/m0/s1. The van der Waals surface area contributed by atoms with Gasteiger partial charge in [-0.05, 0) is 37.2 Å². The molecule has 0 bridgehead atoms. The summed E-state index contributed by atoms with van der Waals surface area (Å²) in [5.74, 6) is 1.70. The van der Waals surface area contributed by atoms with Crippen LogP contribution in [0.1, 0.15) is 62.4 Å². The van der Waals surface area contributed by atoms with Crippen LogP contribution in [0.4, 0.5) is 0 Å². The molecule has 1 atom stereocenters. The van der Waals surface area contributed by atoms with Gasteiger partial charge in [-0.3, -0.25) is 4.79 Å². The van der Waals surface area contributed by atoms with Gasteiger partial charge in [-0.15, -0.1) is 0 Å². The molecule has 132 valence electrons. The van der Waals surface area contributed by atoms with E-state index in [1.807, 2.05) is 30.1 Å². The predicted molar refractivity (Wildman–Crippen MR) is 98.0 cm³/mol. The number of nitrogens with one attached hydrogen (secondary N) is 1. The van der Waals surface area contributed by atoms with Crippen LogP contribution in [0.5, 0.6) is 0 Å². The van der Waals surface area contributed by atoms with Gasteiger partial charge < -0.3 is 9.88 Å². The first-order valence-electron chi connectivity index (χ1n) is 9.54. The van der Waals surface area contributed by atoms with E-state index in [1.54, 1.807) is 0 Å². The largest absolute Gasteiger partial charge is 0.345 e. The van der Waals surface area contributed by atoms with Crippen molar-refractivity contribution in [1.29, 1.82) is 0 Å². The zero-order valence-corrected chi connectivity index (χ0v) is 14.9. The highest BCUT2D eigenvalue weighted by Crippen LogP contribution is 2.43. The number of hydrogen-bond acceptors (Lipinski definition) is 2. The van der Waals surface area contributed by atoms with Crippen LogP contribution in [0, 0.1) is 5.92 Å². The smallest absolute Gasteiger partial charge is 0.231 e. The average Bonchev–Trinajstić information content (AvgIpc) is 3.42. The SMILES string of the molecule is Cn1ccnc1[C@@H](NC(=O)C1(c2ccccc2)CCCCC1)C1CC1. The molecular formula is C21H27N3O. The van der Waals surface area contributed by atoms with E-state index >= 15 is 0 Å². The fourth-order valence-corrected chi connectivity index (χ4v) is 4.34. The number of carbonyl (C=O) groups excluding carboxylic acids is 1. The Morgan fingerprint density at radius 3 is 2.52 bits per heavy atom. The summed E-state index contributed by atoms with van der Waals surface area (Å²) in [6.07, 6.45) is 11.5. The molecule has 4 heteroatoms. The Morgan fingerprint density at radius 2 is 1.92 bits per heavy atom. The summed E-state index contributed by atoms with van der Waals surface area (Å²) >= 11 is 0. The van der Waals surface area contributed by atoms with E-state index in [2.05, 4.69) is 34.6 Å². The fraction of sp³-hybridized carbons (Fsp3) is 0.524. The number of benzene rings is 1. The Hall–Kier alpha value is -2.10. The lowest BCUT2D eigenvalue weighted by Gasteiger charge is -2.37. The minimum atomic E-state index is -0.377. The van der Waals surface area contributed by atoms with Gasteiger partial charge in [-0.25, -0.2) is 4.98 Å². The lowest BCUT2D eigenvalue weighted by atomic mass is 9.68. The molecule has 0 radical (unpaired) electrons. The molecule has 2 aromatic rings. The minimum absolute atomic E-state index is 0.0370. The molecule has 1 N–H and O–H groups in total. The van der Waals surface area contributed by atoms with Crippen molar-refractivity contribution in [3.05, 3.63) is 54.1 Å². The van der Waals surface area contributed by atoms with E-state index in [-0.39, 0.29) is 17.4 Å². The van der Waals surface area contributed by atoms with E-state index < -0.39 is 0 Å². The third kappa shape index (κ3) is 3.10. The van der Waals surface area contributed by atoms with E-state index in [9.17, 15) is 4.79 Å². The maximum Gasteiger partial charge on any atom is 0.231 e. The van der Waals surface area contributed by atoms with Gasteiger partial charge in [0.2, 0.25) is 5.91 Å². The number of rotatable bonds is 5. The summed E-state index contributed by atoms with van der Waals surface area (Å²) in [6, 6.07) is 10.4. The van der Waals surface area contributed by atoms with E-state index in [0.29, 0.717) is 5.92 Å². The number of hydrogen-bond donors (Lipinski definition) is 1. The molecule has 0 spiro atoms. The second-order valence-electron chi connectivity index (χ2n) is 7.69. The summed E-state index contributed by atoms with van der Waals surface area (Å²) in [7, 11) is 2.01. The summed E-state index contributed by atoms with van der Waals surface area (Å²) < 4.78 is 2.04. The highest BCUT2D eigenvalue weighted by atomic mass is 16.2. The van der Waals surface area contributed by atoms with Gasteiger partial charge in [0.25, 0.3) is 0 Å². The van der Waals surface area contributed by atoms with Gasteiger partial charge in [-0.1, -0.05) is 49.6 Å². The van der Waals surface area contributed by atoms with Crippen molar-refractivity contribution in [2.75, 3.05) is 0 Å². The monoisotopic (exact) mass is 337 g/mol. The molecule has 1 amide bonds. The second-order valence-corrected chi connectivity index (χ2v) is 7.69. The zero-order chi connectivity index (χ0) is 17.3. The van der Waals surface area contributed by atoms with E-state index in [0.717, 1.165) is 31.5 Å². The first kappa shape index (κ1) is 16.4. The van der Waals surface area contributed by atoms with Gasteiger partial charge in [0.05, 0.1) is 11.5 Å². The van der Waals surface area contributed by atoms with Crippen LogP contribution in [-0.4, -0.2) is 15.5 Å². The van der Waals surface area contributed by atoms with Crippen molar-refractivity contribution in [2.45, 2.75) is 56.4 Å². The number of aryl methyl sites for hydroxylation is 1. The predicted octanol–water partition coefficient (Wildman–Crippen LogP) is 3.89. The molecule has 0 aliphatic heterocycles. The van der Waals surface area contributed by atoms with Crippen molar-refractivity contribution >= 4 is 5.91 Å². The van der Waals surface area contributed by atoms with E-state index in [4.69, 9.17) is 0 Å². The Labute approximate surface area is 149 Å². The van der Waals surface area contributed by atoms with Crippen LogP contribution < -0.4 is 5.32 Å². The third-order valence-electron chi connectivity index (χ3n) is 5.98. The lowest BCUT2D eigenvalue weighted by molar-refractivity contribution is -0.129. The van der Waals surface area contributed by atoms with Crippen molar-refractivity contribution in [3.63, 3.8) is 0 Å². The Morgan fingerprint density at radius 1 is 1.20 bits per heavy atom. The molecule has 4 nitrogen and oxygen atoms in total. The summed E-state index contributed by atoms with van der Waals surface area (Å²) in [4.78, 5) is 18.0. The Balaban J connectivity index is 1.63. The maximum atomic E-state index is 13.5. The van der Waals surface area contributed by atoms with E-state index in [1.165, 1.54) is 24.8 Å². The number of amides is 1. The zero-order valence-electron chi connectivity index (χ0n) is 14.9. The van der Waals surface area contributed by atoms with Crippen molar-refractivity contribution in [1.82, 2.24) is 14.9 Å². The highest BCUT2D eigenvalue weighted by Gasteiger charge is 2.44. The van der Waals surface area contributed by atoms with Gasteiger partial charge >= 0.3 is 0 Å². The van der Waals surface area contributed by atoms with Crippen LogP contribution in [0.15, 0.2) is 42.7 Å². The van der Waals surface area contributed by atoms with Gasteiger partial charge in [-0.2, -0.15) is 0 Å². The average molecular weight is 337 g/mol. The molecule has 1 aromatic carbocycles. The van der Waals surface area contributed by atoms with Crippen LogP contribution in [0.2, 0.25) is 0 Å². The Kier molecular flexibility index (Phi) is 4.36. The summed E-state index contributed by atoms with van der Waals surface area (Å²) in [6.45, 7) is 0. The normalized spacial score (nSPS) is 20.8. The third-order valence-corrected chi connectivity index (χ3v) is 5.98. The molecule has 2 saturated carbocycles. The van der Waals surface area contributed by atoms with Gasteiger partial charge in [0.1, 0.15) is 5.82 Å². The second kappa shape index (κ2) is 6.66. The quantitative estimate of drug-likeness (QED) is 0.900. The first-order chi connectivity index (χ1) is 12.2. The molecule has 2 fully saturated rings. The lowest BCUT2D eigenvalue weighted by Crippen LogP contribution is -2.47. The number of aromatic nitrogens is 2. The van der Waals surface area contributed by atoms with Crippen LogP contribution in [-0.2, 0) is 17.3 Å². The molecular weight excluding hydrogens is 310 g/mol. The van der Waals surface area contributed by atoms with Gasteiger partial charge in [0.15, 0.2) is 0 Å². The van der Waals surface area contributed by atoms with Crippen LogP contribution >= 0.6 is 0 Å². The van der Waals surface area contributed by atoms with Crippen LogP contribution in [0.3, 0.4) is 0 Å². The number of nitrogens with zero attached hydrogens (tertiary/aromatic N) is 2. The molecule has 4 rings (SSSR count). The first-order valence-corrected chi connectivity index (χ1v) is 9.54. The van der Waals surface area contributed by atoms with Crippen molar-refractivity contribution < 1.29 is 4.79 Å².